The second-order valence-corrected chi connectivity index (χ2v) is 8.12. The van der Waals surface area contributed by atoms with Crippen LogP contribution in [-0.2, 0) is 14.8 Å². The first kappa shape index (κ1) is 20.8. The summed E-state index contributed by atoms with van der Waals surface area (Å²) in [5.74, 6) is 0.0767. The number of hydrogen-bond donors (Lipinski definition) is 1. The number of carbonyl (C=O) groups is 1. The minimum absolute atomic E-state index is 0.0166. The van der Waals surface area contributed by atoms with Gasteiger partial charge < -0.3 is 9.26 Å². The van der Waals surface area contributed by atoms with Gasteiger partial charge in [-0.3, -0.25) is 4.79 Å². The molecule has 2 N–H and O–H groups in total. The lowest BCUT2D eigenvalue weighted by Gasteiger charge is -2.06. The van der Waals surface area contributed by atoms with Crippen LogP contribution in [0.5, 0.6) is 5.88 Å². The van der Waals surface area contributed by atoms with Gasteiger partial charge in [0, 0.05) is 12.0 Å². The molecule has 3 rings (SSSR count). The van der Waals surface area contributed by atoms with Gasteiger partial charge in [-0.05, 0) is 29.3 Å². The number of hydrogen-bond acceptors (Lipinski definition) is 6. The van der Waals surface area contributed by atoms with Crippen molar-refractivity contribution in [1.29, 1.82) is 0 Å². The molecule has 0 fully saturated rings. The van der Waals surface area contributed by atoms with Gasteiger partial charge in [0.15, 0.2) is 5.76 Å². The molecule has 0 unspecified atom stereocenters. The van der Waals surface area contributed by atoms with E-state index in [-0.39, 0.29) is 17.2 Å². The zero-order chi connectivity index (χ0) is 20.9. The number of rotatable bonds is 8. The van der Waals surface area contributed by atoms with Crippen LogP contribution in [0, 0.1) is 0 Å². The van der Waals surface area contributed by atoms with E-state index < -0.39 is 16.0 Å². The summed E-state index contributed by atoms with van der Waals surface area (Å²) in [5, 5.41) is 9.12. The Bertz CT molecular complexity index is 1070. The number of unbranched alkanes of at least 4 members (excludes halogenated alkanes) is 2. The summed E-state index contributed by atoms with van der Waals surface area (Å²) in [7, 11) is -3.82. The van der Waals surface area contributed by atoms with Crippen LogP contribution in [0.1, 0.15) is 32.6 Å². The largest absolute Gasteiger partial charge is 0.403 e. The van der Waals surface area contributed by atoms with Gasteiger partial charge in [-0.15, -0.1) is 0 Å². The lowest BCUT2D eigenvalue weighted by atomic mass is 10.0. The Kier molecular flexibility index (Phi) is 6.46. The fourth-order valence-electron chi connectivity index (χ4n) is 2.88. The van der Waals surface area contributed by atoms with Gasteiger partial charge in [0.2, 0.25) is 10.0 Å². The van der Waals surface area contributed by atoms with Crippen molar-refractivity contribution in [2.24, 2.45) is 5.14 Å². The second-order valence-electron chi connectivity index (χ2n) is 6.56. The molecule has 0 bridgehead atoms. The zero-order valence-corrected chi connectivity index (χ0v) is 16.8. The average molecular weight is 414 g/mol. The third-order valence-corrected chi connectivity index (χ3v) is 5.29. The van der Waals surface area contributed by atoms with Crippen molar-refractivity contribution in [3.05, 3.63) is 54.6 Å². The minimum atomic E-state index is -3.82. The van der Waals surface area contributed by atoms with Crippen LogP contribution in [0.4, 0.5) is 0 Å². The Morgan fingerprint density at radius 1 is 1.03 bits per heavy atom. The van der Waals surface area contributed by atoms with E-state index >= 15 is 0 Å². The fourth-order valence-corrected chi connectivity index (χ4v) is 3.39. The van der Waals surface area contributed by atoms with Crippen LogP contribution >= 0.6 is 0 Å². The maximum Gasteiger partial charge on any atom is 0.312 e. The van der Waals surface area contributed by atoms with Crippen molar-refractivity contribution in [3.8, 4) is 28.3 Å². The predicted molar refractivity (Wildman–Crippen MR) is 109 cm³/mol. The number of ether oxygens (including phenoxy) is 1. The van der Waals surface area contributed by atoms with Gasteiger partial charge in [-0.25, -0.2) is 13.6 Å². The Labute approximate surface area is 169 Å². The number of carbonyl (C=O) groups excluding carboxylic acids is 1. The highest BCUT2D eigenvalue weighted by Crippen LogP contribution is 2.39. The lowest BCUT2D eigenvalue weighted by Crippen LogP contribution is -2.11. The SMILES string of the molecule is CCCCCC(=O)Oc1noc(-c2ccccc2)c1-c1ccc(S(N)(=O)=O)cc1. The quantitative estimate of drug-likeness (QED) is 0.438. The number of nitrogens with two attached hydrogens (primary N) is 1. The molecule has 8 heteroatoms. The normalized spacial score (nSPS) is 11.4. The minimum Gasteiger partial charge on any atom is -0.403 e. The Balaban J connectivity index is 2.00. The first-order valence-electron chi connectivity index (χ1n) is 9.29. The van der Waals surface area contributed by atoms with Crippen molar-refractivity contribution < 1.29 is 22.5 Å². The third kappa shape index (κ3) is 5.10. The number of primary sulfonamides is 1. The number of benzene rings is 2. The van der Waals surface area contributed by atoms with Crippen LogP contribution in [0.2, 0.25) is 0 Å². The van der Waals surface area contributed by atoms with E-state index in [2.05, 4.69) is 12.1 Å². The summed E-state index contributed by atoms with van der Waals surface area (Å²) < 4.78 is 34.0. The van der Waals surface area contributed by atoms with Gasteiger partial charge in [0.25, 0.3) is 5.88 Å². The second kappa shape index (κ2) is 9.02. The highest BCUT2D eigenvalue weighted by atomic mass is 32.2. The van der Waals surface area contributed by atoms with E-state index in [1.54, 1.807) is 12.1 Å². The molecule has 0 aliphatic carbocycles. The summed E-state index contributed by atoms with van der Waals surface area (Å²) >= 11 is 0. The molecule has 1 aromatic heterocycles. The molecule has 7 nitrogen and oxygen atoms in total. The molecule has 0 saturated carbocycles. The lowest BCUT2D eigenvalue weighted by molar-refractivity contribution is -0.134. The first-order valence-corrected chi connectivity index (χ1v) is 10.8. The molecule has 0 amide bonds. The molecule has 0 spiro atoms. The molecule has 29 heavy (non-hydrogen) atoms. The Morgan fingerprint density at radius 2 is 1.72 bits per heavy atom. The van der Waals surface area contributed by atoms with E-state index in [4.69, 9.17) is 14.4 Å². The van der Waals surface area contributed by atoms with Crippen molar-refractivity contribution in [2.75, 3.05) is 0 Å². The number of nitrogens with zero attached hydrogens (tertiary/aromatic N) is 1. The van der Waals surface area contributed by atoms with Crippen molar-refractivity contribution >= 4 is 16.0 Å². The molecule has 1 heterocycles. The molecule has 3 aromatic rings. The highest BCUT2D eigenvalue weighted by Gasteiger charge is 2.23. The molecule has 0 atom stereocenters. The first-order chi connectivity index (χ1) is 13.9. The van der Waals surface area contributed by atoms with Crippen molar-refractivity contribution in [3.63, 3.8) is 0 Å². The van der Waals surface area contributed by atoms with Gasteiger partial charge in [-0.1, -0.05) is 62.2 Å². The fraction of sp³-hybridized carbons (Fsp3) is 0.238. The summed E-state index contributed by atoms with van der Waals surface area (Å²) in [6, 6.07) is 15.2. The predicted octanol–water partition coefficient (Wildman–Crippen LogP) is 4.14. The van der Waals surface area contributed by atoms with Gasteiger partial charge >= 0.3 is 5.97 Å². The molecular formula is C21H22N2O5S. The molecule has 0 radical (unpaired) electrons. The highest BCUT2D eigenvalue weighted by molar-refractivity contribution is 7.89. The van der Waals surface area contributed by atoms with Crippen LogP contribution in [0.25, 0.3) is 22.5 Å². The maximum atomic E-state index is 12.2. The molecule has 0 aliphatic rings. The molecule has 152 valence electrons. The van der Waals surface area contributed by atoms with E-state index in [0.717, 1.165) is 24.8 Å². The third-order valence-electron chi connectivity index (χ3n) is 4.36. The molecule has 2 aromatic carbocycles. The average Bonchev–Trinajstić information content (AvgIpc) is 3.11. The summed E-state index contributed by atoms with van der Waals surface area (Å²) in [6.07, 6.45) is 2.95. The standard InChI is InChI=1S/C21H22N2O5S/c1-2-3-5-10-18(24)27-21-19(15-11-13-17(14-12-15)29(22,25)26)20(28-23-21)16-8-6-4-7-9-16/h4,6-9,11-14H,2-3,5,10H2,1H3,(H2,22,25,26). The van der Waals surface area contributed by atoms with E-state index in [0.29, 0.717) is 16.9 Å². The van der Waals surface area contributed by atoms with E-state index in [1.165, 1.54) is 12.1 Å². The maximum absolute atomic E-state index is 12.2. The summed E-state index contributed by atoms with van der Waals surface area (Å²) in [4.78, 5) is 12.2. The number of esters is 1. The smallest absolute Gasteiger partial charge is 0.312 e. The summed E-state index contributed by atoms with van der Waals surface area (Å²) in [6.45, 7) is 2.05. The Hall–Kier alpha value is -2.97. The van der Waals surface area contributed by atoms with Crippen LogP contribution in [-0.4, -0.2) is 19.5 Å². The van der Waals surface area contributed by atoms with Crippen molar-refractivity contribution in [1.82, 2.24) is 5.16 Å². The molecule has 0 saturated heterocycles. The monoisotopic (exact) mass is 414 g/mol. The van der Waals surface area contributed by atoms with Crippen molar-refractivity contribution in [2.45, 2.75) is 37.5 Å². The topological polar surface area (TPSA) is 112 Å². The van der Waals surface area contributed by atoms with Crippen LogP contribution in [0.3, 0.4) is 0 Å². The van der Waals surface area contributed by atoms with Crippen LogP contribution in [0.15, 0.2) is 64.0 Å². The van der Waals surface area contributed by atoms with Gasteiger partial charge in [0.05, 0.1) is 10.5 Å². The molecule has 0 aliphatic heterocycles. The van der Waals surface area contributed by atoms with Gasteiger partial charge in [0.1, 0.15) is 0 Å². The van der Waals surface area contributed by atoms with E-state index in [9.17, 15) is 13.2 Å². The van der Waals surface area contributed by atoms with Gasteiger partial charge in [-0.2, -0.15) is 0 Å². The zero-order valence-electron chi connectivity index (χ0n) is 16.0. The van der Waals surface area contributed by atoms with Crippen LogP contribution < -0.4 is 9.88 Å². The van der Waals surface area contributed by atoms with E-state index in [1.807, 2.05) is 30.3 Å². The Morgan fingerprint density at radius 3 is 2.34 bits per heavy atom. The molecular weight excluding hydrogens is 392 g/mol. The summed E-state index contributed by atoms with van der Waals surface area (Å²) in [5.41, 5.74) is 1.81. The number of aromatic nitrogens is 1. The number of sulfonamides is 1.